The largest absolute Gasteiger partial charge is 0.368 e. The van der Waals surface area contributed by atoms with E-state index in [1.54, 1.807) is 0 Å². The number of aromatic nitrogens is 3. The predicted molar refractivity (Wildman–Crippen MR) is 85.2 cm³/mol. The van der Waals surface area contributed by atoms with Crippen molar-refractivity contribution in [3.8, 4) is 0 Å². The fourth-order valence-electron chi connectivity index (χ4n) is 2.18. The SMILES string of the molecule is C[C@@H](Nc1nc(N)nc(Cl)n1)c1ccc2ccccc2c1. The van der Waals surface area contributed by atoms with Crippen LogP contribution in [0.4, 0.5) is 11.9 Å². The van der Waals surface area contributed by atoms with E-state index in [2.05, 4.69) is 50.6 Å². The van der Waals surface area contributed by atoms with Crippen LogP contribution in [0.15, 0.2) is 42.5 Å². The van der Waals surface area contributed by atoms with Crippen LogP contribution in [-0.4, -0.2) is 15.0 Å². The number of benzene rings is 2. The van der Waals surface area contributed by atoms with Gasteiger partial charge in [-0.15, -0.1) is 0 Å². The first-order chi connectivity index (χ1) is 10.1. The summed E-state index contributed by atoms with van der Waals surface area (Å²) >= 11 is 5.78. The van der Waals surface area contributed by atoms with Crippen LogP contribution in [0.25, 0.3) is 10.8 Å². The van der Waals surface area contributed by atoms with E-state index in [4.69, 9.17) is 17.3 Å². The zero-order valence-electron chi connectivity index (χ0n) is 11.4. The van der Waals surface area contributed by atoms with Crippen LogP contribution in [0.2, 0.25) is 5.28 Å². The van der Waals surface area contributed by atoms with Gasteiger partial charge in [-0.2, -0.15) is 15.0 Å². The van der Waals surface area contributed by atoms with Crippen molar-refractivity contribution in [1.29, 1.82) is 0 Å². The van der Waals surface area contributed by atoms with Gasteiger partial charge in [0.1, 0.15) is 0 Å². The summed E-state index contributed by atoms with van der Waals surface area (Å²) in [4.78, 5) is 11.8. The molecule has 1 heterocycles. The molecule has 0 aliphatic rings. The molecule has 3 aromatic rings. The molecule has 21 heavy (non-hydrogen) atoms. The number of fused-ring (bicyclic) bond motifs is 1. The summed E-state index contributed by atoms with van der Waals surface area (Å²) in [7, 11) is 0. The first-order valence-electron chi connectivity index (χ1n) is 6.54. The van der Waals surface area contributed by atoms with Gasteiger partial charge in [0.15, 0.2) is 0 Å². The van der Waals surface area contributed by atoms with Gasteiger partial charge in [0.2, 0.25) is 17.2 Å². The Hall–Kier alpha value is -2.40. The van der Waals surface area contributed by atoms with E-state index in [9.17, 15) is 0 Å². The third-order valence-electron chi connectivity index (χ3n) is 3.24. The highest BCUT2D eigenvalue weighted by atomic mass is 35.5. The minimum Gasteiger partial charge on any atom is -0.368 e. The zero-order valence-corrected chi connectivity index (χ0v) is 12.2. The maximum atomic E-state index is 5.78. The average molecular weight is 300 g/mol. The van der Waals surface area contributed by atoms with Crippen LogP contribution in [0.5, 0.6) is 0 Å². The minimum absolute atomic E-state index is 0.0208. The van der Waals surface area contributed by atoms with E-state index in [-0.39, 0.29) is 17.3 Å². The number of nitrogen functional groups attached to an aromatic ring is 1. The Morgan fingerprint density at radius 2 is 1.81 bits per heavy atom. The molecular formula is C15H14ClN5. The highest BCUT2D eigenvalue weighted by Crippen LogP contribution is 2.22. The Kier molecular flexibility index (Phi) is 3.58. The lowest BCUT2D eigenvalue weighted by Gasteiger charge is -2.15. The smallest absolute Gasteiger partial charge is 0.229 e. The molecule has 0 bridgehead atoms. The topological polar surface area (TPSA) is 76.7 Å². The van der Waals surface area contributed by atoms with Gasteiger partial charge in [-0.25, -0.2) is 0 Å². The third-order valence-corrected chi connectivity index (χ3v) is 3.41. The van der Waals surface area contributed by atoms with E-state index in [1.807, 2.05) is 19.1 Å². The Morgan fingerprint density at radius 3 is 2.57 bits per heavy atom. The highest BCUT2D eigenvalue weighted by Gasteiger charge is 2.09. The van der Waals surface area contributed by atoms with E-state index >= 15 is 0 Å². The van der Waals surface area contributed by atoms with Crippen LogP contribution >= 0.6 is 11.6 Å². The van der Waals surface area contributed by atoms with Gasteiger partial charge in [-0.3, -0.25) is 0 Å². The molecule has 6 heteroatoms. The van der Waals surface area contributed by atoms with Crippen molar-refractivity contribution in [2.24, 2.45) is 0 Å². The number of rotatable bonds is 3. The quantitative estimate of drug-likeness (QED) is 0.775. The number of anilines is 2. The Balaban J connectivity index is 1.87. The molecule has 1 atom stereocenters. The first kappa shape index (κ1) is 13.6. The molecule has 0 saturated heterocycles. The monoisotopic (exact) mass is 299 g/mol. The fraction of sp³-hybridized carbons (Fsp3) is 0.133. The van der Waals surface area contributed by atoms with Crippen molar-refractivity contribution in [1.82, 2.24) is 15.0 Å². The van der Waals surface area contributed by atoms with Crippen molar-refractivity contribution in [3.63, 3.8) is 0 Å². The summed E-state index contributed by atoms with van der Waals surface area (Å²) in [5, 5.41) is 5.66. The van der Waals surface area contributed by atoms with Gasteiger partial charge in [-0.1, -0.05) is 36.4 Å². The normalized spacial score (nSPS) is 12.3. The molecular weight excluding hydrogens is 286 g/mol. The van der Waals surface area contributed by atoms with Crippen LogP contribution in [-0.2, 0) is 0 Å². The predicted octanol–water partition coefficient (Wildman–Crippen LogP) is 3.43. The van der Waals surface area contributed by atoms with Crippen molar-refractivity contribution in [3.05, 3.63) is 53.3 Å². The molecule has 106 valence electrons. The van der Waals surface area contributed by atoms with E-state index in [0.717, 1.165) is 5.56 Å². The number of halogens is 1. The van der Waals surface area contributed by atoms with Gasteiger partial charge >= 0.3 is 0 Å². The Labute approximate surface area is 127 Å². The molecule has 3 rings (SSSR count). The van der Waals surface area contributed by atoms with E-state index in [0.29, 0.717) is 5.95 Å². The Bertz CT molecular complexity index is 770. The maximum Gasteiger partial charge on any atom is 0.229 e. The third kappa shape index (κ3) is 3.03. The molecule has 0 spiro atoms. The number of nitrogens with zero attached hydrogens (tertiary/aromatic N) is 3. The minimum atomic E-state index is 0.0208. The fourth-order valence-corrected chi connectivity index (χ4v) is 2.35. The summed E-state index contributed by atoms with van der Waals surface area (Å²) in [6, 6.07) is 14.6. The van der Waals surface area contributed by atoms with Crippen molar-refractivity contribution in [2.75, 3.05) is 11.1 Å². The van der Waals surface area contributed by atoms with Crippen molar-refractivity contribution < 1.29 is 0 Å². The molecule has 0 aliphatic carbocycles. The second kappa shape index (κ2) is 5.54. The van der Waals surface area contributed by atoms with Crippen LogP contribution in [0.1, 0.15) is 18.5 Å². The lowest BCUT2D eigenvalue weighted by atomic mass is 10.0. The summed E-state index contributed by atoms with van der Waals surface area (Å²) in [5.74, 6) is 0.469. The number of hydrogen-bond acceptors (Lipinski definition) is 5. The van der Waals surface area contributed by atoms with Crippen molar-refractivity contribution >= 4 is 34.3 Å². The highest BCUT2D eigenvalue weighted by molar-refractivity contribution is 6.28. The lowest BCUT2D eigenvalue weighted by Crippen LogP contribution is -2.11. The molecule has 1 aromatic heterocycles. The van der Waals surface area contributed by atoms with E-state index in [1.165, 1.54) is 10.8 Å². The molecule has 3 N–H and O–H groups in total. The van der Waals surface area contributed by atoms with E-state index < -0.39 is 0 Å². The maximum absolute atomic E-state index is 5.78. The molecule has 0 saturated carbocycles. The molecule has 0 radical (unpaired) electrons. The number of nitrogens with two attached hydrogens (primary N) is 1. The number of nitrogens with one attached hydrogen (secondary N) is 1. The Morgan fingerprint density at radius 1 is 1.05 bits per heavy atom. The van der Waals surface area contributed by atoms with Crippen LogP contribution in [0.3, 0.4) is 0 Å². The molecule has 0 amide bonds. The summed E-state index contributed by atoms with van der Waals surface area (Å²) in [5.41, 5.74) is 6.69. The van der Waals surface area contributed by atoms with Gasteiger partial charge in [0, 0.05) is 0 Å². The van der Waals surface area contributed by atoms with Gasteiger partial charge in [0.25, 0.3) is 0 Å². The van der Waals surface area contributed by atoms with Crippen molar-refractivity contribution in [2.45, 2.75) is 13.0 Å². The zero-order chi connectivity index (χ0) is 14.8. The van der Waals surface area contributed by atoms with Gasteiger partial charge < -0.3 is 11.1 Å². The number of hydrogen-bond donors (Lipinski definition) is 2. The lowest BCUT2D eigenvalue weighted by molar-refractivity contribution is 0.857. The van der Waals surface area contributed by atoms with Crippen LogP contribution < -0.4 is 11.1 Å². The second-order valence-corrected chi connectivity index (χ2v) is 5.10. The molecule has 0 fully saturated rings. The molecule has 2 aromatic carbocycles. The average Bonchev–Trinajstić information content (AvgIpc) is 2.45. The van der Waals surface area contributed by atoms with Gasteiger partial charge in [0.05, 0.1) is 6.04 Å². The molecule has 0 aliphatic heterocycles. The molecule has 5 nitrogen and oxygen atoms in total. The standard InChI is InChI=1S/C15H14ClN5/c1-9(18-15-20-13(16)19-14(17)21-15)11-7-6-10-4-2-3-5-12(10)8-11/h2-9H,1H3,(H3,17,18,19,20,21)/t9-/m1/s1. The second-order valence-electron chi connectivity index (χ2n) is 4.76. The van der Waals surface area contributed by atoms with Crippen LogP contribution in [0, 0.1) is 0 Å². The first-order valence-corrected chi connectivity index (χ1v) is 6.92. The summed E-state index contributed by atoms with van der Waals surface area (Å²) < 4.78 is 0. The molecule has 0 unspecified atom stereocenters. The van der Waals surface area contributed by atoms with Gasteiger partial charge in [-0.05, 0) is 40.9 Å². The summed E-state index contributed by atoms with van der Waals surface area (Å²) in [6.07, 6.45) is 0. The summed E-state index contributed by atoms with van der Waals surface area (Å²) in [6.45, 7) is 2.03.